The Morgan fingerprint density at radius 3 is 2.73 bits per heavy atom. The lowest BCUT2D eigenvalue weighted by molar-refractivity contribution is -0.134. The van der Waals surface area contributed by atoms with Crippen LogP contribution in [-0.2, 0) is 4.79 Å². The number of carbonyl (C=O) groups is 1. The van der Waals surface area contributed by atoms with Crippen LogP contribution in [0.3, 0.4) is 0 Å². The fourth-order valence-corrected chi connectivity index (χ4v) is 3.11. The number of likely N-dealkylation sites (tertiary alicyclic amines) is 1. The number of nitrogens with one attached hydrogen (secondary N) is 2. The van der Waals surface area contributed by atoms with Crippen molar-refractivity contribution < 1.29 is 9.53 Å². The molecule has 1 aliphatic rings. The third kappa shape index (κ3) is 6.94. The molecule has 1 aromatic rings. The van der Waals surface area contributed by atoms with Crippen molar-refractivity contribution in [2.45, 2.75) is 45.1 Å². The highest BCUT2D eigenvalue weighted by Gasteiger charge is 2.22. The third-order valence-corrected chi connectivity index (χ3v) is 4.60. The van der Waals surface area contributed by atoms with Crippen molar-refractivity contribution in [1.29, 1.82) is 0 Å². The van der Waals surface area contributed by atoms with Crippen molar-refractivity contribution >= 4 is 11.9 Å². The number of benzene rings is 1. The Kier molecular flexibility index (Phi) is 8.79. The Hall–Kier alpha value is -2.24. The SMILES string of the molecule is CN=C(NCCCOc1ccccc1)NCCC(=O)N1CCCCC1C. The van der Waals surface area contributed by atoms with Crippen molar-refractivity contribution in [3.63, 3.8) is 0 Å². The number of nitrogens with zero attached hydrogens (tertiary/aromatic N) is 2. The van der Waals surface area contributed by atoms with Gasteiger partial charge in [-0.2, -0.15) is 0 Å². The van der Waals surface area contributed by atoms with E-state index in [0.29, 0.717) is 25.6 Å². The van der Waals surface area contributed by atoms with Crippen molar-refractivity contribution in [3.05, 3.63) is 30.3 Å². The maximum atomic E-state index is 12.3. The predicted molar refractivity (Wildman–Crippen MR) is 106 cm³/mol. The zero-order chi connectivity index (χ0) is 18.6. The van der Waals surface area contributed by atoms with E-state index < -0.39 is 0 Å². The number of hydrogen-bond donors (Lipinski definition) is 2. The van der Waals surface area contributed by atoms with Crippen molar-refractivity contribution in [2.75, 3.05) is 33.3 Å². The van der Waals surface area contributed by atoms with Crippen LogP contribution in [0.15, 0.2) is 35.3 Å². The molecule has 2 N–H and O–H groups in total. The highest BCUT2D eigenvalue weighted by molar-refractivity contribution is 5.81. The quantitative estimate of drug-likeness (QED) is 0.424. The van der Waals surface area contributed by atoms with Crippen LogP contribution in [0, 0.1) is 0 Å². The summed E-state index contributed by atoms with van der Waals surface area (Å²) in [7, 11) is 1.74. The van der Waals surface area contributed by atoms with Crippen LogP contribution in [-0.4, -0.2) is 56.1 Å². The summed E-state index contributed by atoms with van der Waals surface area (Å²) in [6.07, 6.45) is 4.85. The van der Waals surface area contributed by atoms with E-state index in [1.165, 1.54) is 6.42 Å². The van der Waals surface area contributed by atoms with Gasteiger partial charge >= 0.3 is 0 Å². The molecule has 144 valence electrons. The van der Waals surface area contributed by atoms with Gasteiger partial charge in [0, 0.05) is 39.1 Å². The number of piperidine rings is 1. The standard InChI is InChI=1S/C20H32N4O2/c1-17-9-6-7-15-24(17)19(25)12-14-23-20(21-2)22-13-8-16-26-18-10-4-3-5-11-18/h3-5,10-11,17H,6-9,12-16H2,1-2H3,(H2,21,22,23). The van der Waals surface area contributed by atoms with Crippen LogP contribution in [0.4, 0.5) is 0 Å². The van der Waals surface area contributed by atoms with Gasteiger partial charge in [-0.25, -0.2) is 0 Å². The van der Waals surface area contributed by atoms with Gasteiger partial charge in [0.1, 0.15) is 5.75 Å². The minimum absolute atomic E-state index is 0.233. The molecule has 1 saturated heterocycles. The molecule has 1 fully saturated rings. The molecule has 0 radical (unpaired) electrons. The van der Waals surface area contributed by atoms with Gasteiger partial charge in [-0.1, -0.05) is 18.2 Å². The van der Waals surface area contributed by atoms with Gasteiger partial charge in [0.25, 0.3) is 0 Å². The van der Waals surface area contributed by atoms with E-state index in [1.54, 1.807) is 7.05 Å². The van der Waals surface area contributed by atoms with Crippen LogP contribution < -0.4 is 15.4 Å². The second-order valence-electron chi connectivity index (χ2n) is 6.62. The highest BCUT2D eigenvalue weighted by Crippen LogP contribution is 2.16. The first-order valence-corrected chi connectivity index (χ1v) is 9.62. The highest BCUT2D eigenvalue weighted by atomic mass is 16.5. The fourth-order valence-electron chi connectivity index (χ4n) is 3.11. The van der Waals surface area contributed by atoms with Crippen LogP contribution >= 0.6 is 0 Å². The van der Waals surface area contributed by atoms with Gasteiger partial charge in [-0.3, -0.25) is 9.79 Å². The molecule has 0 spiro atoms. The summed E-state index contributed by atoms with van der Waals surface area (Å²) < 4.78 is 5.66. The number of ether oxygens (including phenoxy) is 1. The summed E-state index contributed by atoms with van der Waals surface area (Å²) in [6, 6.07) is 10.2. The minimum atomic E-state index is 0.233. The zero-order valence-electron chi connectivity index (χ0n) is 16.0. The molecule has 1 aromatic carbocycles. The van der Waals surface area contributed by atoms with E-state index >= 15 is 0 Å². The van der Waals surface area contributed by atoms with Gasteiger partial charge in [0.2, 0.25) is 5.91 Å². The molecule has 1 amide bonds. The molecule has 1 unspecified atom stereocenters. The molecule has 1 heterocycles. The van der Waals surface area contributed by atoms with E-state index in [2.05, 4.69) is 22.5 Å². The van der Waals surface area contributed by atoms with E-state index in [1.807, 2.05) is 35.2 Å². The first-order chi connectivity index (χ1) is 12.7. The molecule has 0 bridgehead atoms. The molecule has 1 aliphatic heterocycles. The Labute approximate surface area is 157 Å². The zero-order valence-corrected chi connectivity index (χ0v) is 16.0. The lowest BCUT2D eigenvalue weighted by Gasteiger charge is -2.33. The summed E-state index contributed by atoms with van der Waals surface area (Å²) in [6.45, 7) is 5.06. The topological polar surface area (TPSA) is 66.0 Å². The molecule has 0 aliphatic carbocycles. The van der Waals surface area contributed by atoms with E-state index in [0.717, 1.165) is 44.1 Å². The monoisotopic (exact) mass is 360 g/mol. The van der Waals surface area contributed by atoms with Gasteiger partial charge < -0.3 is 20.3 Å². The average molecular weight is 361 g/mol. The van der Waals surface area contributed by atoms with Crippen LogP contribution in [0.2, 0.25) is 0 Å². The van der Waals surface area contributed by atoms with Crippen molar-refractivity contribution in [2.24, 2.45) is 4.99 Å². The first kappa shape index (κ1) is 20.1. The maximum absolute atomic E-state index is 12.3. The summed E-state index contributed by atoms with van der Waals surface area (Å²) in [5.74, 6) is 1.85. The van der Waals surface area contributed by atoms with Gasteiger partial charge in [0.05, 0.1) is 6.61 Å². The van der Waals surface area contributed by atoms with Crippen molar-refractivity contribution in [3.8, 4) is 5.75 Å². The number of aliphatic imine (C=N–C) groups is 1. The first-order valence-electron chi connectivity index (χ1n) is 9.62. The Morgan fingerprint density at radius 1 is 1.23 bits per heavy atom. The second kappa shape index (κ2) is 11.4. The molecule has 26 heavy (non-hydrogen) atoms. The minimum Gasteiger partial charge on any atom is -0.494 e. The van der Waals surface area contributed by atoms with Crippen LogP contribution in [0.1, 0.15) is 39.0 Å². The lowest BCUT2D eigenvalue weighted by atomic mass is 10.0. The Balaban J connectivity index is 1.56. The lowest BCUT2D eigenvalue weighted by Crippen LogP contribution is -2.44. The Bertz CT molecular complexity index is 562. The molecule has 1 atom stereocenters. The third-order valence-electron chi connectivity index (χ3n) is 4.60. The van der Waals surface area contributed by atoms with E-state index in [9.17, 15) is 4.79 Å². The van der Waals surface area contributed by atoms with Gasteiger partial charge in [-0.05, 0) is 44.7 Å². The number of hydrogen-bond acceptors (Lipinski definition) is 3. The number of amides is 1. The van der Waals surface area contributed by atoms with Crippen LogP contribution in [0.5, 0.6) is 5.75 Å². The summed E-state index contributed by atoms with van der Waals surface area (Å²) in [5.41, 5.74) is 0. The predicted octanol–water partition coefficient (Wildman–Crippen LogP) is 2.41. The fraction of sp³-hybridized carbons (Fsp3) is 0.600. The number of guanidine groups is 1. The average Bonchev–Trinajstić information content (AvgIpc) is 2.67. The van der Waals surface area contributed by atoms with E-state index in [-0.39, 0.29) is 5.91 Å². The van der Waals surface area contributed by atoms with Crippen molar-refractivity contribution in [1.82, 2.24) is 15.5 Å². The molecule has 6 heteroatoms. The second-order valence-corrected chi connectivity index (χ2v) is 6.62. The molecular formula is C20H32N4O2. The summed E-state index contributed by atoms with van der Waals surface area (Å²) in [5, 5.41) is 6.47. The van der Waals surface area contributed by atoms with Crippen LogP contribution in [0.25, 0.3) is 0 Å². The number of rotatable bonds is 8. The molecule has 6 nitrogen and oxygen atoms in total. The molecule has 0 saturated carbocycles. The largest absolute Gasteiger partial charge is 0.494 e. The van der Waals surface area contributed by atoms with Gasteiger partial charge in [-0.15, -0.1) is 0 Å². The smallest absolute Gasteiger partial charge is 0.224 e. The maximum Gasteiger partial charge on any atom is 0.224 e. The molecule has 2 rings (SSSR count). The molecular weight excluding hydrogens is 328 g/mol. The normalized spacial score (nSPS) is 17.7. The summed E-state index contributed by atoms with van der Waals surface area (Å²) >= 11 is 0. The van der Waals surface area contributed by atoms with Gasteiger partial charge in [0.15, 0.2) is 5.96 Å². The van der Waals surface area contributed by atoms with E-state index in [4.69, 9.17) is 4.74 Å². The number of para-hydroxylation sites is 1. The molecule has 0 aromatic heterocycles. The summed E-state index contributed by atoms with van der Waals surface area (Å²) in [4.78, 5) is 18.5. The number of carbonyl (C=O) groups excluding carboxylic acids is 1. The Morgan fingerprint density at radius 2 is 2.00 bits per heavy atom.